The Morgan fingerprint density at radius 2 is 1.54 bits per heavy atom. The van der Waals surface area contributed by atoms with Crippen LogP contribution in [0, 0.1) is 0 Å². The van der Waals surface area contributed by atoms with E-state index in [1.54, 1.807) is 30.6 Å². The largest absolute Gasteiger partial charge is 0.339 e. The fraction of sp³-hybridized carbons (Fsp3) is 0.353. The third-order valence-electron chi connectivity index (χ3n) is 3.91. The molecule has 0 unspecified atom stereocenters. The Balaban J connectivity index is 1.69. The highest BCUT2D eigenvalue weighted by Crippen LogP contribution is 2.24. The van der Waals surface area contributed by atoms with Crippen molar-refractivity contribution in [3.05, 3.63) is 46.2 Å². The van der Waals surface area contributed by atoms with Crippen LogP contribution in [-0.4, -0.2) is 33.9 Å². The van der Waals surface area contributed by atoms with Gasteiger partial charge in [0.15, 0.2) is 0 Å². The quantitative estimate of drug-likeness (QED) is 0.867. The summed E-state index contributed by atoms with van der Waals surface area (Å²) in [5.74, 6) is 0.384. The molecule has 1 aromatic carbocycles. The Labute approximate surface area is 151 Å². The lowest BCUT2D eigenvalue weighted by Gasteiger charge is -2.19. The first-order valence-electron chi connectivity index (χ1n) is 7.96. The number of carbonyl (C=O) groups excluding carboxylic acids is 1. The minimum absolute atomic E-state index is 0.00532. The van der Waals surface area contributed by atoms with Gasteiger partial charge in [-0.3, -0.25) is 4.79 Å². The number of hydrogen-bond donors (Lipinski definition) is 1. The van der Waals surface area contributed by atoms with Crippen LogP contribution >= 0.6 is 23.2 Å². The SMILES string of the molecule is O=C(c1cnc(Nc2cc(Cl)cc(Cl)c2)nc1)N1CCCCCC1. The number of nitrogens with one attached hydrogen (secondary N) is 1. The average Bonchev–Trinajstić information content (AvgIpc) is 2.83. The predicted octanol–water partition coefficient (Wildman–Crippen LogP) is 4.54. The highest BCUT2D eigenvalue weighted by atomic mass is 35.5. The lowest BCUT2D eigenvalue weighted by molar-refractivity contribution is 0.0761. The lowest BCUT2D eigenvalue weighted by atomic mass is 10.2. The van der Waals surface area contributed by atoms with Crippen LogP contribution in [-0.2, 0) is 0 Å². The minimum atomic E-state index is -0.00532. The van der Waals surface area contributed by atoms with E-state index in [-0.39, 0.29) is 5.91 Å². The van der Waals surface area contributed by atoms with Gasteiger partial charge >= 0.3 is 0 Å². The van der Waals surface area contributed by atoms with Crippen molar-refractivity contribution in [2.24, 2.45) is 0 Å². The van der Waals surface area contributed by atoms with Gasteiger partial charge in [0.05, 0.1) is 5.56 Å². The van der Waals surface area contributed by atoms with Gasteiger partial charge in [0.1, 0.15) is 0 Å². The summed E-state index contributed by atoms with van der Waals surface area (Å²) in [6, 6.07) is 5.11. The van der Waals surface area contributed by atoms with Crippen molar-refractivity contribution >= 4 is 40.7 Å². The van der Waals surface area contributed by atoms with E-state index >= 15 is 0 Å². The Morgan fingerprint density at radius 3 is 2.12 bits per heavy atom. The number of rotatable bonds is 3. The predicted molar refractivity (Wildman–Crippen MR) is 96.1 cm³/mol. The van der Waals surface area contributed by atoms with E-state index in [2.05, 4.69) is 15.3 Å². The number of aromatic nitrogens is 2. The number of nitrogens with zero attached hydrogens (tertiary/aromatic N) is 3. The van der Waals surface area contributed by atoms with Gasteiger partial charge < -0.3 is 10.2 Å². The molecule has 0 spiro atoms. The monoisotopic (exact) mass is 364 g/mol. The van der Waals surface area contributed by atoms with E-state index in [9.17, 15) is 4.79 Å². The molecule has 1 amide bonds. The maximum Gasteiger partial charge on any atom is 0.256 e. The molecule has 24 heavy (non-hydrogen) atoms. The molecule has 3 rings (SSSR count). The van der Waals surface area contributed by atoms with E-state index in [4.69, 9.17) is 23.2 Å². The van der Waals surface area contributed by atoms with Crippen LogP contribution in [0.4, 0.5) is 11.6 Å². The first-order chi connectivity index (χ1) is 11.6. The zero-order valence-corrected chi connectivity index (χ0v) is 14.6. The lowest BCUT2D eigenvalue weighted by Crippen LogP contribution is -2.32. The van der Waals surface area contributed by atoms with Crippen molar-refractivity contribution in [3.8, 4) is 0 Å². The van der Waals surface area contributed by atoms with Crippen molar-refractivity contribution in [2.45, 2.75) is 25.7 Å². The summed E-state index contributed by atoms with van der Waals surface area (Å²) in [4.78, 5) is 22.8. The highest BCUT2D eigenvalue weighted by Gasteiger charge is 2.18. The van der Waals surface area contributed by atoms with E-state index in [1.165, 1.54) is 12.8 Å². The normalized spacial score (nSPS) is 15.0. The second-order valence-electron chi connectivity index (χ2n) is 5.78. The molecule has 2 aromatic rings. The summed E-state index contributed by atoms with van der Waals surface area (Å²) >= 11 is 11.9. The molecule has 0 bridgehead atoms. The van der Waals surface area contributed by atoms with Gasteiger partial charge in [-0.1, -0.05) is 36.0 Å². The Morgan fingerprint density at radius 1 is 0.958 bits per heavy atom. The van der Waals surface area contributed by atoms with Crippen molar-refractivity contribution in [2.75, 3.05) is 18.4 Å². The third kappa shape index (κ3) is 4.36. The fourth-order valence-electron chi connectivity index (χ4n) is 2.71. The van der Waals surface area contributed by atoms with E-state index in [0.29, 0.717) is 27.2 Å². The Bertz CT molecular complexity index is 693. The van der Waals surface area contributed by atoms with Gasteiger partial charge in [0.25, 0.3) is 5.91 Å². The number of hydrogen-bond acceptors (Lipinski definition) is 4. The maximum absolute atomic E-state index is 12.5. The molecular weight excluding hydrogens is 347 g/mol. The molecule has 5 nitrogen and oxygen atoms in total. The van der Waals surface area contributed by atoms with Crippen LogP contribution < -0.4 is 5.32 Å². The molecule has 1 N–H and O–H groups in total. The Hall–Kier alpha value is -1.85. The average molecular weight is 365 g/mol. The number of halogens is 2. The molecule has 1 aliphatic rings. The molecule has 0 radical (unpaired) electrons. The number of anilines is 2. The molecule has 126 valence electrons. The summed E-state index contributed by atoms with van der Waals surface area (Å²) in [5.41, 5.74) is 1.20. The standard InChI is InChI=1S/C17H18Cl2N4O/c18-13-7-14(19)9-15(8-13)22-17-20-10-12(11-21-17)16(24)23-5-3-1-2-4-6-23/h7-11H,1-6H2,(H,20,21,22). The van der Waals surface area contributed by atoms with Crippen LogP contribution in [0.15, 0.2) is 30.6 Å². The first kappa shape index (κ1) is 17.0. The molecule has 0 aliphatic carbocycles. The molecule has 2 heterocycles. The summed E-state index contributed by atoms with van der Waals surface area (Å²) in [7, 11) is 0. The van der Waals surface area contributed by atoms with E-state index in [1.807, 2.05) is 4.90 Å². The molecule has 1 aliphatic heterocycles. The Kier molecular flexibility index (Phi) is 5.53. The molecule has 1 aromatic heterocycles. The van der Waals surface area contributed by atoms with Crippen LogP contribution in [0.25, 0.3) is 0 Å². The molecule has 7 heteroatoms. The van der Waals surface area contributed by atoms with Gasteiger partial charge in [0.2, 0.25) is 5.95 Å². The van der Waals surface area contributed by atoms with Gasteiger partial charge in [-0.15, -0.1) is 0 Å². The van der Waals surface area contributed by atoms with Crippen molar-refractivity contribution < 1.29 is 4.79 Å². The zero-order valence-electron chi connectivity index (χ0n) is 13.1. The van der Waals surface area contributed by atoms with E-state index < -0.39 is 0 Å². The molecule has 0 saturated carbocycles. The third-order valence-corrected chi connectivity index (χ3v) is 4.35. The molecule has 1 fully saturated rings. The van der Waals surface area contributed by atoms with Crippen LogP contribution in [0.5, 0.6) is 0 Å². The van der Waals surface area contributed by atoms with Crippen molar-refractivity contribution in [1.82, 2.24) is 14.9 Å². The second-order valence-corrected chi connectivity index (χ2v) is 6.66. The highest BCUT2D eigenvalue weighted by molar-refractivity contribution is 6.35. The molecule has 0 atom stereocenters. The number of amides is 1. The molecular formula is C17H18Cl2N4O. The number of likely N-dealkylation sites (tertiary alicyclic amines) is 1. The summed E-state index contributed by atoms with van der Waals surface area (Å²) < 4.78 is 0. The first-order valence-corrected chi connectivity index (χ1v) is 8.72. The van der Waals surface area contributed by atoms with Crippen LogP contribution in [0.1, 0.15) is 36.0 Å². The smallest absolute Gasteiger partial charge is 0.256 e. The fourth-order valence-corrected chi connectivity index (χ4v) is 3.24. The van der Waals surface area contributed by atoms with Crippen molar-refractivity contribution in [3.63, 3.8) is 0 Å². The number of carbonyl (C=O) groups is 1. The topological polar surface area (TPSA) is 58.1 Å². The number of benzene rings is 1. The summed E-state index contributed by atoms with van der Waals surface area (Å²) in [5, 5.41) is 4.08. The van der Waals surface area contributed by atoms with Gasteiger partial charge in [-0.2, -0.15) is 0 Å². The zero-order chi connectivity index (χ0) is 16.9. The summed E-state index contributed by atoms with van der Waals surface area (Å²) in [6.45, 7) is 1.61. The maximum atomic E-state index is 12.5. The van der Waals surface area contributed by atoms with Gasteiger partial charge in [0, 0.05) is 41.2 Å². The summed E-state index contributed by atoms with van der Waals surface area (Å²) in [6.07, 6.45) is 7.59. The van der Waals surface area contributed by atoms with Crippen LogP contribution in [0.3, 0.4) is 0 Å². The molecule has 1 saturated heterocycles. The van der Waals surface area contributed by atoms with Crippen LogP contribution in [0.2, 0.25) is 10.0 Å². The van der Waals surface area contributed by atoms with Crippen molar-refractivity contribution in [1.29, 1.82) is 0 Å². The second kappa shape index (κ2) is 7.81. The van der Waals surface area contributed by atoms with Gasteiger partial charge in [-0.05, 0) is 31.0 Å². The van der Waals surface area contributed by atoms with E-state index in [0.717, 1.165) is 25.9 Å². The van der Waals surface area contributed by atoms with Gasteiger partial charge in [-0.25, -0.2) is 9.97 Å². The minimum Gasteiger partial charge on any atom is -0.339 e.